The van der Waals surface area contributed by atoms with Crippen LogP contribution in [-0.4, -0.2) is 58.2 Å². The van der Waals surface area contributed by atoms with Gasteiger partial charge in [0.05, 0.1) is 6.61 Å². The summed E-state index contributed by atoms with van der Waals surface area (Å²) in [5.74, 6) is 6.87. The molecule has 0 unspecified atom stereocenters. The summed E-state index contributed by atoms with van der Waals surface area (Å²) < 4.78 is 0. The molecule has 2 aliphatic heterocycles. The number of aliphatic hydroxyl groups is 1. The molecule has 0 amide bonds. The molecule has 1 aromatic heterocycles. The number of nitrogens with zero attached hydrogens (tertiary/aromatic N) is 3. The number of aromatic nitrogens is 1. The lowest BCUT2D eigenvalue weighted by Crippen LogP contribution is -2.67. The predicted molar refractivity (Wildman–Crippen MR) is 121 cm³/mol. The number of rotatable bonds is 5. The topological polar surface area (TPSA) is 39.6 Å². The second kappa shape index (κ2) is 10.2. The largest absolute Gasteiger partial charge is 0.395 e. The summed E-state index contributed by atoms with van der Waals surface area (Å²) in [5.41, 5.74) is 3.74. The maximum atomic E-state index is 10.1. The minimum absolute atomic E-state index is 0.226. The van der Waals surface area contributed by atoms with Crippen LogP contribution in [0.5, 0.6) is 0 Å². The lowest BCUT2D eigenvalue weighted by Gasteiger charge is -2.57. The molecule has 1 N–H and O–H groups in total. The van der Waals surface area contributed by atoms with Crippen LogP contribution < -0.4 is 0 Å². The molecule has 3 heterocycles. The summed E-state index contributed by atoms with van der Waals surface area (Å²) in [6, 6.07) is 13.7. The number of benzene rings is 1. The van der Waals surface area contributed by atoms with E-state index >= 15 is 0 Å². The Morgan fingerprint density at radius 2 is 1.83 bits per heavy atom. The molecule has 2 aromatic rings. The zero-order valence-electron chi connectivity index (χ0n) is 18.0. The fraction of sp³-hybridized carbons (Fsp3) is 0.500. The van der Waals surface area contributed by atoms with E-state index in [1.165, 1.54) is 24.0 Å². The molecule has 0 bridgehead atoms. The van der Waals surface area contributed by atoms with Crippen molar-refractivity contribution in [3.63, 3.8) is 0 Å². The van der Waals surface area contributed by atoms with E-state index in [1.54, 1.807) is 0 Å². The number of unbranched alkanes of at least 4 members (excludes halogenated alkanes) is 1. The van der Waals surface area contributed by atoms with Gasteiger partial charge in [0, 0.05) is 55.5 Å². The number of hydrogen-bond donors (Lipinski definition) is 1. The minimum Gasteiger partial charge on any atom is -0.395 e. The second-order valence-electron chi connectivity index (χ2n) is 8.55. The van der Waals surface area contributed by atoms with E-state index < -0.39 is 0 Å². The van der Waals surface area contributed by atoms with Crippen LogP contribution in [0, 0.1) is 11.8 Å². The first-order chi connectivity index (χ1) is 14.8. The Kier molecular flexibility index (Phi) is 7.17. The van der Waals surface area contributed by atoms with E-state index in [9.17, 15) is 5.11 Å². The highest BCUT2D eigenvalue weighted by atomic mass is 16.3. The van der Waals surface area contributed by atoms with Gasteiger partial charge in [-0.25, -0.2) is 0 Å². The lowest BCUT2D eigenvalue weighted by molar-refractivity contribution is -0.0655. The van der Waals surface area contributed by atoms with Crippen LogP contribution in [0.4, 0.5) is 0 Å². The summed E-state index contributed by atoms with van der Waals surface area (Å²) in [6.07, 6.45) is 8.20. The molecule has 3 atom stereocenters. The van der Waals surface area contributed by atoms with Crippen LogP contribution in [0.3, 0.4) is 0 Å². The van der Waals surface area contributed by atoms with Crippen LogP contribution in [0.2, 0.25) is 0 Å². The van der Waals surface area contributed by atoms with Crippen LogP contribution >= 0.6 is 0 Å². The van der Waals surface area contributed by atoms with Gasteiger partial charge < -0.3 is 5.11 Å². The molecule has 4 heteroatoms. The smallest absolute Gasteiger partial charge is 0.0593 e. The lowest BCUT2D eigenvalue weighted by atomic mass is 9.74. The van der Waals surface area contributed by atoms with Crippen LogP contribution in [0.15, 0.2) is 48.8 Å². The third-order valence-corrected chi connectivity index (χ3v) is 6.51. The molecule has 0 aliphatic carbocycles. The zero-order chi connectivity index (χ0) is 20.8. The molecule has 30 heavy (non-hydrogen) atoms. The number of fused-ring (bicyclic) bond motifs is 1. The van der Waals surface area contributed by atoms with Crippen molar-refractivity contribution in [2.24, 2.45) is 0 Å². The second-order valence-corrected chi connectivity index (χ2v) is 8.55. The van der Waals surface area contributed by atoms with E-state index in [2.05, 4.69) is 69.9 Å². The van der Waals surface area contributed by atoms with Gasteiger partial charge in [0.2, 0.25) is 0 Å². The van der Waals surface area contributed by atoms with Crippen molar-refractivity contribution in [3.8, 4) is 11.8 Å². The molecule has 0 radical (unpaired) electrons. The Bertz CT molecular complexity index is 855. The van der Waals surface area contributed by atoms with Crippen LogP contribution in [0.25, 0.3) is 0 Å². The Labute approximate surface area is 180 Å². The summed E-state index contributed by atoms with van der Waals surface area (Å²) in [4.78, 5) is 9.27. The van der Waals surface area contributed by atoms with Gasteiger partial charge in [0.15, 0.2) is 0 Å². The number of aliphatic hydroxyl groups excluding tert-OH is 1. The summed E-state index contributed by atoms with van der Waals surface area (Å²) in [7, 11) is 0. The first kappa shape index (κ1) is 21.1. The quantitative estimate of drug-likeness (QED) is 0.774. The van der Waals surface area contributed by atoms with E-state index in [0.29, 0.717) is 12.0 Å². The third kappa shape index (κ3) is 4.75. The summed E-state index contributed by atoms with van der Waals surface area (Å²) in [5, 5.41) is 10.1. The number of pyridine rings is 1. The van der Waals surface area contributed by atoms with Crippen LogP contribution in [-0.2, 0) is 6.54 Å². The molecule has 0 saturated carbocycles. The van der Waals surface area contributed by atoms with Crippen LogP contribution in [0.1, 0.15) is 55.2 Å². The third-order valence-electron chi connectivity index (χ3n) is 6.51. The highest BCUT2D eigenvalue weighted by Crippen LogP contribution is 2.42. The van der Waals surface area contributed by atoms with Gasteiger partial charge >= 0.3 is 0 Å². The maximum Gasteiger partial charge on any atom is 0.0593 e. The van der Waals surface area contributed by atoms with Gasteiger partial charge in [0.1, 0.15) is 0 Å². The first-order valence-corrected chi connectivity index (χ1v) is 11.4. The van der Waals surface area contributed by atoms with E-state index in [0.717, 1.165) is 44.6 Å². The Balaban J connectivity index is 1.50. The Hall–Kier alpha value is -2.19. The molecule has 4 rings (SSSR count). The minimum atomic E-state index is 0.226. The van der Waals surface area contributed by atoms with Gasteiger partial charge in [0.25, 0.3) is 0 Å². The average molecular weight is 404 g/mol. The highest BCUT2D eigenvalue weighted by molar-refractivity contribution is 5.39. The van der Waals surface area contributed by atoms with Crippen molar-refractivity contribution in [1.82, 2.24) is 14.8 Å². The van der Waals surface area contributed by atoms with E-state index in [-0.39, 0.29) is 12.6 Å². The standard InChI is InChI=1S/C26H33N3O/c1-2-3-4-7-21-8-10-23(11-9-21)26-24-19-28(18-22-12-14-27-15-13-22)16-5-6-17-29(24)25(26)20-30/h8-15,24-26,30H,2-3,5-6,16-20H2,1H3/t24-,25-,26+/m1/s1. The molecular formula is C26H33N3O. The van der Waals surface area contributed by atoms with Gasteiger partial charge in [-0.1, -0.05) is 30.9 Å². The van der Waals surface area contributed by atoms with Crippen molar-refractivity contribution in [1.29, 1.82) is 0 Å². The molecule has 4 nitrogen and oxygen atoms in total. The molecule has 2 fully saturated rings. The maximum absolute atomic E-state index is 10.1. The van der Waals surface area contributed by atoms with Crippen molar-refractivity contribution in [2.75, 3.05) is 26.2 Å². The van der Waals surface area contributed by atoms with Gasteiger partial charge in [-0.05, 0) is 67.7 Å². The molecule has 158 valence electrons. The number of hydrogen-bond acceptors (Lipinski definition) is 4. The molecule has 2 aliphatic rings. The fourth-order valence-corrected chi connectivity index (χ4v) is 4.98. The molecular weight excluding hydrogens is 370 g/mol. The van der Waals surface area contributed by atoms with Gasteiger partial charge in [-0.3, -0.25) is 14.8 Å². The van der Waals surface area contributed by atoms with Gasteiger partial charge in [-0.15, -0.1) is 0 Å². The van der Waals surface area contributed by atoms with Crippen molar-refractivity contribution in [2.45, 2.75) is 57.2 Å². The fourth-order valence-electron chi connectivity index (χ4n) is 4.98. The normalized spacial score (nSPS) is 24.7. The monoisotopic (exact) mass is 403 g/mol. The highest BCUT2D eigenvalue weighted by Gasteiger charge is 2.48. The molecule has 1 aromatic carbocycles. The molecule has 0 spiro atoms. The zero-order valence-corrected chi connectivity index (χ0v) is 18.0. The predicted octanol–water partition coefficient (Wildman–Crippen LogP) is 3.66. The van der Waals surface area contributed by atoms with Gasteiger partial charge in [-0.2, -0.15) is 0 Å². The first-order valence-electron chi connectivity index (χ1n) is 11.4. The summed E-state index contributed by atoms with van der Waals surface area (Å²) >= 11 is 0. The summed E-state index contributed by atoms with van der Waals surface area (Å²) in [6.45, 7) is 6.62. The Morgan fingerprint density at radius 1 is 1.07 bits per heavy atom. The SMILES string of the molecule is CCCC#Cc1ccc([C@@H]2[C@@H](CO)N3CCCCN(Cc4ccncc4)C[C@H]23)cc1. The average Bonchev–Trinajstić information content (AvgIpc) is 2.76. The molecule has 2 saturated heterocycles. The van der Waals surface area contributed by atoms with Crippen molar-refractivity contribution in [3.05, 3.63) is 65.5 Å². The van der Waals surface area contributed by atoms with Crippen molar-refractivity contribution >= 4 is 0 Å². The van der Waals surface area contributed by atoms with Crippen molar-refractivity contribution < 1.29 is 5.11 Å². The van der Waals surface area contributed by atoms with E-state index in [4.69, 9.17) is 0 Å². The van der Waals surface area contributed by atoms with E-state index in [1.807, 2.05) is 12.4 Å². The Morgan fingerprint density at radius 3 is 2.57 bits per heavy atom.